The van der Waals surface area contributed by atoms with Crippen molar-refractivity contribution in [2.75, 3.05) is 18.6 Å². The lowest BCUT2D eigenvalue weighted by Gasteiger charge is -2.25. The average molecular weight is 359 g/mol. The van der Waals surface area contributed by atoms with Crippen molar-refractivity contribution >= 4 is 11.7 Å². The van der Waals surface area contributed by atoms with Crippen molar-refractivity contribution in [2.24, 2.45) is 0 Å². The van der Waals surface area contributed by atoms with Crippen LogP contribution in [0.3, 0.4) is 0 Å². The summed E-state index contributed by atoms with van der Waals surface area (Å²) >= 11 is 0. The van der Waals surface area contributed by atoms with E-state index in [2.05, 4.69) is 53.4 Å². The maximum absolute atomic E-state index is 11.7. The van der Waals surface area contributed by atoms with Gasteiger partial charge in [-0.05, 0) is 48.2 Å². The molecular weight excluding hydrogens is 334 g/mol. The second kappa shape index (κ2) is 9.58. The molecule has 0 N–H and O–H groups in total. The zero-order valence-corrected chi connectivity index (χ0v) is 15.7. The van der Waals surface area contributed by atoms with E-state index in [1.807, 2.05) is 36.4 Å². The van der Waals surface area contributed by atoms with E-state index in [1.165, 1.54) is 18.2 Å². The Balaban J connectivity index is 1.71. The van der Waals surface area contributed by atoms with Crippen molar-refractivity contribution in [3.63, 3.8) is 0 Å². The Morgan fingerprint density at radius 2 is 1.41 bits per heavy atom. The highest BCUT2D eigenvalue weighted by molar-refractivity contribution is 5.89. The third-order valence-corrected chi connectivity index (χ3v) is 4.61. The van der Waals surface area contributed by atoms with Gasteiger partial charge in [-0.1, -0.05) is 60.7 Å². The fraction of sp³-hybridized carbons (Fsp3) is 0.208. The lowest BCUT2D eigenvalue weighted by Crippen LogP contribution is -2.24. The average Bonchev–Trinajstić information content (AvgIpc) is 2.74. The number of benzene rings is 3. The first kappa shape index (κ1) is 18.7. The maximum Gasteiger partial charge on any atom is 0.337 e. The smallest absolute Gasteiger partial charge is 0.337 e. The number of carbonyl (C=O) groups is 1. The Kier molecular flexibility index (Phi) is 6.64. The predicted molar refractivity (Wildman–Crippen MR) is 110 cm³/mol. The van der Waals surface area contributed by atoms with Crippen LogP contribution in [0.15, 0.2) is 84.9 Å². The Bertz CT molecular complexity index is 829. The lowest BCUT2D eigenvalue weighted by atomic mass is 10.1. The van der Waals surface area contributed by atoms with E-state index < -0.39 is 0 Å². The van der Waals surface area contributed by atoms with E-state index in [1.54, 1.807) is 0 Å². The first-order chi connectivity index (χ1) is 13.3. The van der Waals surface area contributed by atoms with Gasteiger partial charge in [0, 0.05) is 18.8 Å². The SMILES string of the molecule is COC(=O)c1ccc(N(CCCc2ccccc2)Cc2ccccc2)cc1. The number of rotatable bonds is 8. The predicted octanol–water partition coefficient (Wildman–Crippen LogP) is 5.11. The highest BCUT2D eigenvalue weighted by Gasteiger charge is 2.10. The largest absolute Gasteiger partial charge is 0.465 e. The van der Waals surface area contributed by atoms with Crippen LogP contribution in [0.4, 0.5) is 5.69 Å². The number of anilines is 1. The number of hydrogen-bond acceptors (Lipinski definition) is 3. The van der Waals surface area contributed by atoms with Crippen molar-refractivity contribution in [1.82, 2.24) is 0 Å². The molecule has 3 aromatic carbocycles. The third kappa shape index (κ3) is 5.45. The van der Waals surface area contributed by atoms with Gasteiger partial charge in [0.15, 0.2) is 0 Å². The zero-order valence-electron chi connectivity index (χ0n) is 15.7. The van der Waals surface area contributed by atoms with Crippen molar-refractivity contribution in [3.05, 3.63) is 102 Å². The molecule has 3 nitrogen and oxygen atoms in total. The van der Waals surface area contributed by atoms with Crippen molar-refractivity contribution in [2.45, 2.75) is 19.4 Å². The zero-order chi connectivity index (χ0) is 18.9. The summed E-state index contributed by atoms with van der Waals surface area (Å²) in [6, 6.07) is 28.7. The fourth-order valence-electron chi connectivity index (χ4n) is 3.15. The standard InChI is InChI=1S/C24H25NO2/c1-27-24(26)22-14-16-23(17-15-22)25(19-21-11-6-3-7-12-21)18-8-13-20-9-4-2-5-10-20/h2-7,9-12,14-17H,8,13,18-19H2,1H3. The summed E-state index contributed by atoms with van der Waals surface area (Å²) in [7, 11) is 1.40. The van der Waals surface area contributed by atoms with Crippen LogP contribution in [0.1, 0.15) is 27.9 Å². The summed E-state index contributed by atoms with van der Waals surface area (Å²) in [6.07, 6.45) is 2.11. The number of hydrogen-bond donors (Lipinski definition) is 0. The van der Waals surface area contributed by atoms with Crippen LogP contribution in [0, 0.1) is 0 Å². The third-order valence-electron chi connectivity index (χ3n) is 4.61. The number of carbonyl (C=O) groups excluding carboxylic acids is 1. The second-order valence-corrected chi connectivity index (χ2v) is 6.53. The molecule has 0 saturated carbocycles. The van der Waals surface area contributed by atoms with E-state index in [0.29, 0.717) is 5.56 Å². The van der Waals surface area contributed by atoms with Gasteiger partial charge in [-0.25, -0.2) is 4.79 Å². The number of nitrogens with zero attached hydrogens (tertiary/aromatic N) is 1. The van der Waals surface area contributed by atoms with Crippen LogP contribution in [0.5, 0.6) is 0 Å². The molecule has 0 aliphatic rings. The van der Waals surface area contributed by atoms with Gasteiger partial charge in [-0.2, -0.15) is 0 Å². The molecule has 0 radical (unpaired) electrons. The van der Waals surface area contributed by atoms with Crippen molar-refractivity contribution < 1.29 is 9.53 Å². The quantitative estimate of drug-likeness (QED) is 0.523. The van der Waals surface area contributed by atoms with Gasteiger partial charge >= 0.3 is 5.97 Å². The molecular formula is C24H25NO2. The molecule has 3 rings (SSSR count). The van der Waals surface area contributed by atoms with E-state index in [0.717, 1.165) is 31.6 Å². The van der Waals surface area contributed by atoms with Crippen LogP contribution >= 0.6 is 0 Å². The number of esters is 1. The van der Waals surface area contributed by atoms with Crippen LogP contribution in [0.25, 0.3) is 0 Å². The fourth-order valence-corrected chi connectivity index (χ4v) is 3.15. The highest BCUT2D eigenvalue weighted by Crippen LogP contribution is 2.20. The molecule has 138 valence electrons. The summed E-state index contributed by atoms with van der Waals surface area (Å²) < 4.78 is 4.79. The molecule has 0 atom stereocenters. The van der Waals surface area contributed by atoms with Gasteiger partial charge in [-0.15, -0.1) is 0 Å². The van der Waals surface area contributed by atoms with Crippen molar-refractivity contribution in [1.29, 1.82) is 0 Å². The Morgan fingerprint density at radius 3 is 2.00 bits per heavy atom. The van der Waals surface area contributed by atoms with Gasteiger partial charge in [-0.3, -0.25) is 0 Å². The Labute approximate surface area is 161 Å². The van der Waals surface area contributed by atoms with Gasteiger partial charge in [0.05, 0.1) is 12.7 Å². The number of aryl methyl sites for hydroxylation is 1. The molecule has 0 amide bonds. The molecule has 0 aliphatic heterocycles. The lowest BCUT2D eigenvalue weighted by molar-refractivity contribution is 0.0601. The topological polar surface area (TPSA) is 29.5 Å². The summed E-state index contributed by atoms with van der Waals surface area (Å²) in [6.45, 7) is 1.79. The van der Waals surface area contributed by atoms with Gasteiger partial charge < -0.3 is 9.64 Å². The number of methoxy groups -OCH3 is 1. The van der Waals surface area contributed by atoms with Gasteiger partial charge in [0.25, 0.3) is 0 Å². The Morgan fingerprint density at radius 1 is 0.815 bits per heavy atom. The summed E-state index contributed by atoms with van der Waals surface area (Å²) in [4.78, 5) is 14.0. The molecule has 0 aromatic heterocycles. The monoisotopic (exact) mass is 359 g/mol. The van der Waals surface area contributed by atoms with E-state index in [9.17, 15) is 4.79 Å². The first-order valence-electron chi connectivity index (χ1n) is 9.27. The highest BCUT2D eigenvalue weighted by atomic mass is 16.5. The van der Waals surface area contributed by atoms with Crippen LogP contribution in [-0.4, -0.2) is 19.6 Å². The van der Waals surface area contributed by atoms with E-state index in [4.69, 9.17) is 4.74 Å². The second-order valence-electron chi connectivity index (χ2n) is 6.53. The molecule has 0 heterocycles. The van der Waals surface area contributed by atoms with Crippen LogP contribution in [0.2, 0.25) is 0 Å². The molecule has 3 heteroatoms. The molecule has 0 aliphatic carbocycles. The van der Waals surface area contributed by atoms with E-state index >= 15 is 0 Å². The first-order valence-corrected chi connectivity index (χ1v) is 9.27. The molecule has 0 unspecified atom stereocenters. The normalized spacial score (nSPS) is 10.4. The van der Waals surface area contributed by atoms with Crippen LogP contribution in [-0.2, 0) is 17.7 Å². The summed E-state index contributed by atoms with van der Waals surface area (Å²) in [5.41, 5.74) is 4.32. The number of ether oxygens (including phenoxy) is 1. The molecule has 0 saturated heterocycles. The minimum absolute atomic E-state index is 0.305. The minimum Gasteiger partial charge on any atom is -0.465 e. The minimum atomic E-state index is -0.305. The molecule has 0 spiro atoms. The van der Waals surface area contributed by atoms with E-state index in [-0.39, 0.29) is 5.97 Å². The van der Waals surface area contributed by atoms with Gasteiger partial charge in [0.2, 0.25) is 0 Å². The molecule has 3 aromatic rings. The molecule has 0 bridgehead atoms. The van der Waals surface area contributed by atoms with Crippen molar-refractivity contribution in [3.8, 4) is 0 Å². The van der Waals surface area contributed by atoms with Gasteiger partial charge in [0.1, 0.15) is 0 Å². The molecule has 0 fully saturated rings. The van der Waals surface area contributed by atoms with Crippen LogP contribution < -0.4 is 4.90 Å². The maximum atomic E-state index is 11.7. The molecule has 27 heavy (non-hydrogen) atoms. The summed E-state index contributed by atoms with van der Waals surface area (Å²) in [5.74, 6) is -0.305. The Hall–Kier alpha value is -3.07. The summed E-state index contributed by atoms with van der Waals surface area (Å²) in [5, 5.41) is 0.